The molecule has 0 amide bonds. The van der Waals surface area contributed by atoms with Crippen molar-refractivity contribution in [1.29, 1.82) is 0 Å². The zero-order valence-corrected chi connectivity index (χ0v) is 14.7. The Hall–Kier alpha value is -0.510. The van der Waals surface area contributed by atoms with Crippen LogP contribution >= 0.6 is 43.2 Å². The zero-order chi connectivity index (χ0) is 15.1. The van der Waals surface area contributed by atoms with Crippen LogP contribution in [-0.2, 0) is 10.0 Å². The lowest BCUT2D eigenvalue weighted by molar-refractivity contribution is 0.579. The van der Waals surface area contributed by atoms with Crippen LogP contribution in [0.25, 0.3) is 0 Å². The molecule has 9 heteroatoms. The van der Waals surface area contributed by atoms with Gasteiger partial charge in [0, 0.05) is 10.9 Å². The molecule has 1 aromatic heterocycles. The summed E-state index contributed by atoms with van der Waals surface area (Å²) in [7, 11) is -3.93. The third kappa shape index (κ3) is 3.21. The van der Waals surface area contributed by atoms with Gasteiger partial charge >= 0.3 is 0 Å². The summed E-state index contributed by atoms with van der Waals surface area (Å²) in [5.41, 5.74) is -0.319. The Morgan fingerprint density at radius 1 is 1.15 bits per heavy atom. The van der Waals surface area contributed by atoms with Crippen molar-refractivity contribution < 1.29 is 17.2 Å². The lowest BCUT2D eigenvalue weighted by atomic mass is 10.3. The summed E-state index contributed by atoms with van der Waals surface area (Å²) in [6.07, 6.45) is 0. The summed E-state index contributed by atoms with van der Waals surface area (Å²) in [5, 5.41) is 0. The van der Waals surface area contributed by atoms with Crippen LogP contribution in [0.5, 0.6) is 0 Å². The Kier molecular flexibility index (Phi) is 4.53. The number of benzene rings is 1. The Bertz CT molecular complexity index is 775. The highest BCUT2D eigenvalue weighted by Gasteiger charge is 2.21. The molecule has 0 fully saturated rings. The van der Waals surface area contributed by atoms with Crippen molar-refractivity contribution in [3.63, 3.8) is 0 Å². The van der Waals surface area contributed by atoms with Gasteiger partial charge in [0.1, 0.15) is 16.5 Å². The van der Waals surface area contributed by atoms with Gasteiger partial charge in [-0.25, -0.2) is 17.2 Å². The molecule has 0 saturated heterocycles. The van der Waals surface area contributed by atoms with Crippen LogP contribution in [0.2, 0.25) is 0 Å². The van der Waals surface area contributed by atoms with Crippen molar-refractivity contribution in [3.8, 4) is 0 Å². The maximum Gasteiger partial charge on any atom is 0.263 e. The molecule has 0 aliphatic rings. The number of aryl methyl sites for hydroxylation is 1. The number of thiophene rings is 1. The number of rotatable bonds is 3. The first kappa shape index (κ1) is 15.9. The second-order valence-corrected chi connectivity index (χ2v) is 8.96. The standard InChI is InChI=1S/C11H7Br2F2NO2S2/c1-5-10(4-11(13)19-5)20(17,18)16-9-2-6(12)7(14)3-8(9)15/h2-4,16H,1H3. The normalized spacial score (nSPS) is 11.7. The predicted octanol–water partition coefficient (Wildman–Crippen LogP) is 4.66. The molecule has 0 atom stereocenters. The van der Waals surface area contributed by atoms with Gasteiger partial charge in [-0.3, -0.25) is 4.72 Å². The molecule has 3 nitrogen and oxygen atoms in total. The van der Waals surface area contributed by atoms with Gasteiger partial charge in [-0.05, 0) is 50.9 Å². The topological polar surface area (TPSA) is 46.2 Å². The Labute approximate surface area is 135 Å². The summed E-state index contributed by atoms with van der Waals surface area (Å²) >= 11 is 7.32. The van der Waals surface area contributed by atoms with E-state index in [0.717, 1.165) is 6.07 Å². The van der Waals surface area contributed by atoms with E-state index >= 15 is 0 Å². The second-order valence-electron chi connectivity index (χ2n) is 3.82. The molecule has 0 aliphatic carbocycles. The minimum absolute atomic E-state index is 0.0279. The number of sulfonamides is 1. The van der Waals surface area contributed by atoms with E-state index in [-0.39, 0.29) is 15.1 Å². The number of halogens is 4. The zero-order valence-electron chi connectivity index (χ0n) is 9.88. The average Bonchev–Trinajstić information content (AvgIpc) is 2.66. The molecule has 0 bridgehead atoms. The van der Waals surface area contributed by atoms with Crippen LogP contribution in [-0.4, -0.2) is 8.42 Å². The van der Waals surface area contributed by atoms with Gasteiger partial charge in [-0.2, -0.15) is 0 Å². The van der Waals surface area contributed by atoms with Crippen LogP contribution in [0.4, 0.5) is 14.5 Å². The Morgan fingerprint density at radius 3 is 2.35 bits per heavy atom. The van der Waals surface area contributed by atoms with Crippen LogP contribution in [0, 0.1) is 18.6 Å². The van der Waals surface area contributed by atoms with E-state index in [1.807, 2.05) is 0 Å². The highest BCUT2D eigenvalue weighted by atomic mass is 79.9. The van der Waals surface area contributed by atoms with Gasteiger partial charge in [0.05, 0.1) is 13.9 Å². The van der Waals surface area contributed by atoms with E-state index in [2.05, 4.69) is 36.6 Å². The summed E-state index contributed by atoms with van der Waals surface area (Å²) < 4.78 is 53.8. The molecule has 108 valence electrons. The molecule has 0 saturated carbocycles. The molecule has 20 heavy (non-hydrogen) atoms. The Morgan fingerprint density at radius 2 is 1.80 bits per heavy atom. The maximum absolute atomic E-state index is 13.6. The van der Waals surface area contributed by atoms with Crippen molar-refractivity contribution in [3.05, 3.63) is 43.0 Å². The molecule has 2 rings (SSSR count). The van der Waals surface area contributed by atoms with Crippen molar-refractivity contribution in [2.75, 3.05) is 4.72 Å². The molecule has 0 unspecified atom stereocenters. The molecular weight excluding hydrogens is 440 g/mol. The van der Waals surface area contributed by atoms with E-state index in [4.69, 9.17) is 0 Å². The van der Waals surface area contributed by atoms with Crippen LogP contribution in [0.3, 0.4) is 0 Å². The lowest BCUT2D eigenvalue weighted by Gasteiger charge is -2.09. The molecule has 0 spiro atoms. The fourth-order valence-electron chi connectivity index (χ4n) is 1.50. The third-order valence-electron chi connectivity index (χ3n) is 2.39. The van der Waals surface area contributed by atoms with Gasteiger partial charge in [0.2, 0.25) is 0 Å². The summed E-state index contributed by atoms with van der Waals surface area (Å²) in [6, 6.07) is 3.08. The highest BCUT2D eigenvalue weighted by Crippen LogP contribution is 2.32. The van der Waals surface area contributed by atoms with E-state index in [1.165, 1.54) is 17.4 Å². The monoisotopic (exact) mass is 445 g/mol. The first-order chi connectivity index (χ1) is 9.20. The molecule has 1 aromatic carbocycles. The van der Waals surface area contributed by atoms with Gasteiger partial charge < -0.3 is 0 Å². The fraction of sp³-hybridized carbons (Fsp3) is 0.0909. The van der Waals surface area contributed by atoms with Gasteiger partial charge in [-0.1, -0.05) is 0 Å². The SMILES string of the molecule is Cc1sc(Br)cc1S(=O)(=O)Nc1cc(Br)c(F)cc1F. The smallest absolute Gasteiger partial charge is 0.263 e. The minimum atomic E-state index is -3.93. The van der Waals surface area contributed by atoms with Crippen molar-refractivity contribution >= 4 is 58.9 Å². The van der Waals surface area contributed by atoms with Crippen LogP contribution in [0.15, 0.2) is 31.4 Å². The van der Waals surface area contributed by atoms with Gasteiger partial charge in [0.15, 0.2) is 0 Å². The number of hydrogen-bond acceptors (Lipinski definition) is 3. The largest absolute Gasteiger partial charge is 0.277 e. The molecular formula is C11H7Br2F2NO2S2. The number of anilines is 1. The molecule has 0 aliphatic heterocycles. The third-order valence-corrected chi connectivity index (χ3v) is 6.17. The molecule has 0 radical (unpaired) electrons. The van der Waals surface area contributed by atoms with Crippen molar-refractivity contribution in [2.24, 2.45) is 0 Å². The summed E-state index contributed by atoms with van der Waals surface area (Å²) in [6.45, 7) is 1.64. The van der Waals surface area contributed by atoms with Crippen LogP contribution in [0.1, 0.15) is 4.88 Å². The maximum atomic E-state index is 13.6. The quantitative estimate of drug-likeness (QED) is 0.697. The summed E-state index contributed by atoms with van der Waals surface area (Å²) in [4.78, 5) is 0.611. The molecule has 1 N–H and O–H groups in total. The number of hydrogen-bond donors (Lipinski definition) is 1. The van der Waals surface area contributed by atoms with E-state index in [0.29, 0.717) is 14.7 Å². The molecule has 2 aromatic rings. The first-order valence-corrected chi connectivity index (χ1v) is 9.02. The van der Waals surface area contributed by atoms with E-state index in [9.17, 15) is 17.2 Å². The van der Waals surface area contributed by atoms with Crippen LogP contribution < -0.4 is 4.72 Å². The predicted molar refractivity (Wildman–Crippen MR) is 81.6 cm³/mol. The first-order valence-electron chi connectivity index (χ1n) is 5.14. The van der Waals surface area contributed by atoms with Gasteiger partial charge in [0.25, 0.3) is 10.0 Å². The lowest BCUT2D eigenvalue weighted by Crippen LogP contribution is -2.14. The average molecular weight is 447 g/mol. The Balaban J connectivity index is 2.43. The van der Waals surface area contributed by atoms with Crippen molar-refractivity contribution in [1.82, 2.24) is 0 Å². The fourth-order valence-corrected chi connectivity index (χ4v) is 5.32. The number of nitrogens with one attached hydrogen (secondary N) is 1. The van der Waals surface area contributed by atoms with E-state index in [1.54, 1.807) is 6.92 Å². The minimum Gasteiger partial charge on any atom is -0.277 e. The second kappa shape index (κ2) is 5.70. The van der Waals surface area contributed by atoms with Crippen molar-refractivity contribution in [2.45, 2.75) is 11.8 Å². The van der Waals surface area contributed by atoms with E-state index < -0.39 is 21.7 Å². The molecule has 1 heterocycles. The van der Waals surface area contributed by atoms with Gasteiger partial charge in [-0.15, -0.1) is 11.3 Å². The highest BCUT2D eigenvalue weighted by molar-refractivity contribution is 9.11. The summed E-state index contributed by atoms with van der Waals surface area (Å²) in [5.74, 6) is -1.79.